The summed E-state index contributed by atoms with van der Waals surface area (Å²) in [5.41, 5.74) is 0.998. The highest BCUT2D eigenvalue weighted by Gasteiger charge is 2.40. The summed E-state index contributed by atoms with van der Waals surface area (Å²) < 4.78 is 13.4. The fourth-order valence-electron chi connectivity index (χ4n) is 2.94. The van der Waals surface area contributed by atoms with Crippen LogP contribution in [0.1, 0.15) is 5.56 Å². The molecule has 0 radical (unpaired) electrons. The molecule has 0 unspecified atom stereocenters. The van der Waals surface area contributed by atoms with Crippen molar-refractivity contribution in [3.63, 3.8) is 0 Å². The second kappa shape index (κ2) is 8.03. The quantitative estimate of drug-likeness (QED) is 0.449. The Morgan fingerprint density at radius 1 is 0.793 bits per heavy atom. The van der Waals surface area contributed by atoms with Gasteiger partial charge in [-0.05, 0) is 48.0 Å². The summed E-state index contributed by atoms with van der Waals surface area (Å²) in [6, 6.07) is 19.3. The Hall–Kier alpha value is -2.60. The van der Waals surface area contributed by atoms with Crippen LogP contribution in [0, 0.1) is 5.82 Å². The van der Waals surface area contributed by atoms with Crippen molar-refractivity contribution >= 4 is 58.0 Å². The number of benzene rings is 3. The van der Waals surface area contributed by atoms with Crippen molar-refractivity contribution < 1.29 is 14.0 Å². The van der Waals surface area contributed by atoms with Gasteiger partial charge in [-0.2, -0.15) is 0 Å². The molecule has 144 valence electrons. The molecule has 7 heteroatoms. The van der Waals surface area contributed by atoms with Gasteiger partial charge in [0.2, 0.25) is 0 Å². The lowest BCUT2D eigenvalue weighted by atomic mass is 10.1. The van der Waals surface area contributed by atoms with Gasteiger partial charge < -0.3 is 0 Å². The van der Waals surface area contributed by atoms with Crippen molar-refractivity contribution in [1.82, 2.24) is 0 Å². The van der Waals surface area contributed by atoms with E-state index in [0.29, 0.717) is 16.3 Å². The number of rotatable bonds is 4. The van der Waals surface area contributed by atoms with Crippen molar-refractivity contribution in [2.75, 3.05) is 4.90 Å². The molecule has 2 amide bonds. The molecule has 0 saturated carbocycles. The summed E-state index contributed by atoms with van der Waals surface area (Å²) in [5, 5.41) is 0.553. The predicted octanol–water partition coefficient (Wildman–Crippen LogP) is 6.21. The Bertz CT molecular complexity index is 1150. The largest absolute Gasteiger partial charge is 0.272 e. The second-order valence-electron chi connectivity index (χ2n) is 6.17. The van der Waals surface area contributed by atoms with Crippen LogP contribution in [0.3, 0.4) is 0 Å². The van der Waals surface area contributed by atoms with Crippen LogP contribution >= 0.6 is 35.0 Å². The third kappa shape index (κ3) is 3.81. The van der Waals surface area contributed by atoms with Crippen LogP contribution in [0.4, 0.5) is 10.1 Å². The van der Waals surface area contributed by atoms with Gasteiger partial charge in [0, 0.05) is 4.90 Å². The maximum atomic E-state index is 13.4. The summed E-state index contributed by atoms with van der Waals surface area (Å²) >= 11 is 13.2. The lowest BCUT2D eigenvalue weighted by molar-refractivity contribution is -0.119. The zero-order valence-corrected chi connectivity index (χ0v) is 17.1. The number of hydrogen-bond donors (Lipinski definition) is 0. The number of nitrogens with zero attached hydrogens (tertiary/aromatic N) is 1. The number of imide groups is 1. The molecular weight excluding hydrogens is 432 g/mol. The second-order valence-corrected chi connectivity index (χ2v) is 8.07. The number of halogens is 3. The first-order valence-electron chi connectivity index (χ1n) is 8.52. The third-order valence-corrected chi connectivity index (χ3v) is 6.13. The van der Waals surface area contributed by atoms with E-state index in [-0.39, 0.29) is 15.5 Å². The predicted molar refractivity (Wildman–Crippen MR) is 115 cm³/mol. The minimum atomic E-state index is -0.501. The van der Waals surface area contributed by atoms with E-state index in [1.807, 2.05) is 30.3 Å². The van der Waals surface area contributed by atoms with Gasteiger partial charge in [0.05, 0.1) is 26.2 Å². The summed E-state index contributed by atoms with van der Waals surface area (Å²) in [7, 11) is 0. The number of carbonyl (C=O) groups excluding carboxylic acids is 2. The Balaban J connectivity index is 1.83. The van der Waals surface area contributed by atoms with Gasteiger partial charge in [-0.1, -0.05) is 65.3 Å². The van der Waals surface area contributed by atoms with E-state index in [0.717, 1.165) is 9.80 Å². The van der Waals surface area contributed by atoms with Crippen LogP contribution in [0.2, 0.25) is 10.0 Å². The highest BCUT2D eigenvalue weighted by atomic mass is 35.5. The Morgan fingerprint density at radius 2 is 1.48 bits per heavy atom. The van der Waals surface area contributed by atoms with Crippen LogP contribution < -0.4 is 4.90 Å². The van der Waals surface area contributed by atoms with Crippen LogP contribution in [0.5, 0.6) is 0 Å². The molecule has 0 aromatic heterocycles. The zero-order chi connectivity index (χ0) is 20.5. The van der Waals surface area contributed by atoms with Gasteiger partial charge in [0.15, 0.2) is 0 Å². The molecule has 0 saturated heterocycles. The van der Waals surface area contributed by atoms with E-state index in [2.05, 4.69) is 0 Å². The molecular formula is C22H12Cl2FNO2S. The SMILES string of the molecule is O=C1C(Sc2ccccc2)=C(c2ccc(F)cc2)C(=O)N1c1ccc(Cl)c(Cl)c1. The van der Waals surface area contributed by atoms with E-state index in [1.165, 1.54) is 48.2 Å². The molecule has 4 rings (SSSR count). The molecule has 0 spiro atoms. The van der Waals surface area contributed by atoms with Gasteiger partial charge in [0.1, 0.15) is 5.82 Å². The number of amides is 2. The lowest BCUT2D eigenvalue weighted by Crippen LogP contribution is -2.31. The van der Waals surface area contributed by atoms with Gasteiger partial charge in [-0.3, -0.25) is 9.59 Å². The molecule has 3 aromatic carbocycles. The smallest absolute Gasteiger partial charge is 0.268 e. The number of thioether (sulfide) groups is 1. The van der Waals surface area contributed by atoms with Crippen molar-refractivity contribution in [3.05, 3.63) is 99.1 Å². The molecule has 0 bridgehead atoms. The fourth-order valence-corrected chi connectivity index (χ4v) is 4.25. The zero-order valence-electron chi connectivity index (χ0n) is 14.7. The number of anilines is 1. The van der Waals surface area contributed by atoms with Crippen LogP contribution in [0.15, 0.2) is 82.6 Å². The van der Waals surface area contributed by atoms with E-state index in [1.54, 1.807) is 6.07 Å². The molecule has 29 heavy (non-hydrogen) atoms. The summed E-state index contributed by atoms with van der Waals surface area (Å²) in [4.78, 5) is 28.6. The Morgan fingerprint density at radius 3 is 2.14 bits per heavy atom. The highest BCUT2D eigenvalue weighted by Crippen LogP contribution is 2.42. The Labute approximate surface area is 180 Å². The van der Waals surface area contributed by atoms with Crippen molar-refractivity contribution in [2.45, 2.75) is 4.90 Å². The van der Waals surface area contributed by atoms with Gasteiger partial charge >= 0.3 is 0 Å². The van der Waals surface area contributed by atoms with Crippen molar-refractivity contribution in [2.24, 2.45) is 0 Å². The van der Waals surface area contributed by atoms with E-state index >= 15 is 0 Å². The van der Waals surface area contributed by atoms with Crippen LogP contribution in [0.25, 0.3) is 5.57 Å². The van der Waals surface area contributed by atoms with Crippen molar-refractivity contribution in [3.8, 4) is 0 Å². The number of hydrogen-bond acceptors (Lipinski definition) is 3. The van der Waals surface area contributed by atoms with E-state index in [4.69, 9.17) is 23.2 Å². The van der Waals surface area contributed by atoms with Gasteiger partial charge in [0.25, 0.3) is 11.8 Å². The Kier molecular flexibility index (Phi) is 5.46. The summed E-state index contributed by atoms with van der Waals surface area (Å²) in [5.74, 6) is -1.40. The van der Waals surface area contributed by atoms with Crippen LogP contribution in [-0.2, 0) is 9.59 Å². The fraction of sp³-hybridized carbons (Fsp3) is 0. The molecule has 3 nitrogen and oxygen atoms in total. The maximum absolute atomic E-state index is 13.4. The van der Waals surface area contributed by atoms with Crippen LogP contribution in [-0.4, -0.2) is 11.8 Å². The maximum Gasteiger partial charge on any atom is 0.272 e. The van der Waals surface area contributed by atoms with Crippen molar-refractivity contribution in [1.29, 1.82) is 0 Å². The molecule has 0 N–H and O–H groups in total. The molecule has 1 aliphatic rings. The normalized spacial score (nSPS) is 14.1. The monoisotopic (exact) mass is 443 g/mol. The van der Waals surface area contributed by atoms with E-state index < -0.39 is 17.6 Å². The first-order valence-corrected chi connectivity index (χ1v) is 10.1. The molecule has 0 fully saturated rings. The standard InChI is InChI=1S/C22H12Cl2FNO2S/c23-17-11-10-15(12-18(17)24)26-21(27)19(13-6-8-14(25)9-7-13)20(22(26)28)29-16-4-2-1-3-5-16/h1-12H. The lowest BCUT2D eigenvalue weighted by Gasteiger charge is -2.16. The summed E-state index contributed by atoms with van der Waals surface area (Å²) in [6.07, 6.45) is 0. The molecule has 1 heterocycles. The van der Waals surface area contributed by atoms with Gasteiger partial charge in [-0.15, -0.1) is 0 Å². The topological polar surface area (TPSA) is 37.4 Å². The molecule has 0 aliphatic carbocycles. The highest BCUT2D eigenvalue weighted by molar-refractivity contribution is 8.04. The number of carbonyl (C=O) groups is 2. The van der Waals surface area contributed by atoms with Gasteiger partial charge in [-0.25, -0.2) is 9.29 Å². The summed E-state index contributed by atoms with van der Waals surface area (Å²) in [6.45, 7) is 0. The van der Waals surface area contributed by atoms with E-state index in [9.17, 15) is 14.0 Å². The third-order valence-electron chi connectivity index (χ3n) is 4.30. The molecule has 0 atom stereocenters. The average molecular weight is 444 g/mol. The molecule has 3 aromatic rings. The first kappa shape index (κ1) is 19.7. The minimum absolute atomic E-state index is 0.218. The minimum Gasteiger partial charge on any atom is -0.268 e. The first-order chi connectivity index (χ1) is 14.0. The average Bonchev–Trinajstić information content (AvgIpc) is 2.95. The molecule has 1 aliphatic heterocycles.